The highest BCUT2D eigenvalue weighted by molar-refractivity contribution is 6.28. The van der Waals surface area contributed by atoms with E-state index in [1.807, 2.05) is 0 Å². The number of aliphatic hydroxyl groups is 1. The van der Waals surface area contributed by atoms with Crippen molar-refractivity contribution < 1.29 is 9.84 Å². The zero-order chi connectivity index (χ0) is 13.7. The summed E-state index contributed by atoms with van der Waals surface area (Å²) in [6.07, 6.45) is 1.66. The molecule has 0 spiro atoms. The second-order valence-corrected chi connectivity index (χ2v) is 4.75. The molecule has 0 radical (unpaired) electrons. The molecule has 1 fully saturated rings. The van der Waals surface area contributed by atoms with Crippen molar-refractivity contribution in [1.82, 2.24) is 15.0 Å². The number of rotatable bonds is 6. The standard InChI is InChI=1S/C11H18ClN5O2/c1-19-7-8(18)6-13-10-14-9(12)15-11(16-10)17-4-2-3-5-17/h8,18H,2-7H2,1H3,(H,13,14,15,16). The lowest BCUT2D eigenvalue weighted by Crippen LogP contribution is -2.26. The number of halogens is 1. The van der Waals surface area contributed by atoms with Crippen molar-refractivity contribution in [3.05, 3.63) is 5.28 Å². The Bertz CT molecular complexity index is 414. The van der Waals surface area contributed by atoms with Gasteiger partial charge in [0.05, 0.1) is 12.7 Å². The molecular formula is C11H18ClN5O2. The van der Waals surface area contributed by atoms with Crippen LogP contribution in [0.5, 0.6) is 0 Å². The van der Waals surface area contributed by atoms with E-state index < -0.39 is 6.10 Å². The van der Waals surface area contributed by atoms with E-state index in [2.05, 4.69) is 25.2 Å². The van der Waals surface area contributed by atoms with Crippen LogP contribution in [-0.2, 0) is 4.74 Å². The highest BCUT2D eigenvalue weighted by Gasteiger charge is 2.17. The molecule has 1 aromatic heterocycles. The highest BCUT2D eigenvalue weighted by Crippen LogP contribution is 2.18. The van der Waals surface area contributed by atoms with Gasteiger partial charge in [-0.05, 0) is 24.4 Å². The maximum atomic E-state index is 9.56. The average molecular weight is 288 g/mol. The number of nitrogens with zero attached hydrogens (tertiary/aromatic N) is 4. The van der Waals surface area contributed by atoms with E-state index >= 15 is 0 Å². The van der Waals surface area contributed by atoms with Crippen LogP contribution in [0.4, 0.5) is 11.9 Å². The number of methoxy groups -OCH3 is 1. The summed E-state index contributed by atoms with van der Waals surface area (Å²) in [6, 6.07) is 0. The fraction of sp³-hybridized carbons (Fsp3) is 0.727. The van der Waals surface area contributed by atoms with E-state index in [-0.39, 0.29) is 11.9 Å². The molecule has 2 rings (SSSR count). The zero-order valence-corrected chi connectivity index (χ0v) is 11.6. The third-order valence-corrected chi connectivity index (χ3v) is 3.01. The first kappa shape index (κ1) is 14.2. The van der Waals surface area contributed by atoms with Gasteiger partial charge >= 0.3 is 0 Å². The van der Waals surface area contributed by atoms with Crippen LogP contribution in [0.25, 0.3) is 0 Å². The van der Waals surface area contributed by atoms with Crippen molar-refractivity contribution in [3.8, 4) is 0 Å². The second-order valence-electron chi connectivity index (χ2n) is 4.41. The Morgan fingerprint density at radius 1 is 1.37 bits per heavy atom. The number of hydrogen-bond acceptors (Lipinski definition) is 7. The molecule has 2 N–H and O–H groups in total. The number of anilines is 2. The van der Waals surface area contributed by atoms with E-state index in [1.54, 1.807) is 0 Å². The summed E-state index contributed by atoms with van der Waals surface area (Å²) in [7, 11) is 1.54. The van der Waals surface area contributed by atoms with Gasteiger partial charge in [-0.25, -0.2) is 0 Å². The molecule has 1 saturated heterocycles. The summed E-state index contributed by atoms with van der Waals surface area (Å²) in [4.78, 5) is 14.5. The van der Waals surface area contributed by atoms with Crippen LogP contribution in [0.15, 0.2) is 0 Å². The molecule has 106 valence electrons. The number of aliphatic hydroxyl groups excluding tert-OH is 1. The molecule has 0 aliphatic carbocycles. The maximum Gasteiger partial charge on any atom is 0.231 e. The summed E-state index contributed by atoms with van der Waals surface area (Å²) < 4.78 is 4.84. The van der Waals surface area contributed by atoms with Crippen LogP contribution in [-0.4, -0.2) is 59.5 Å². The van der Waals surface area contributed by atoms with Crippen molar-refractivity contribution in [2.24, 2.45) is 0 Å². The SMILES string of the molecule is COCC(O)CNc1nc(Cl)nc(N2CCCC2)n1. The molecule has 1 aliphatic rings. The fourth-order valence-corrected chi connectivity index (χ4v) is 2.09. The molecule has 0 saturated carbocycles. The molecule has 0 amide bonds. The normalized spacial score (nSPS) is 16.7. The number of hydrogen-bond donors (Lipinski definition) is 2. The molecule has 7 nitrogen and oxygen atoms in total. The third kappa shape index (κ3) is 4.15. The third-order valence-electron chi connectivity index (χ3n) is 2.84. The first-order chi connectivity index (χ1) is 9.19. The van der Waals surface area contributed by atoms with Crippen molar-refractivity contribution in [3.63, 3.8) is 0 Å². The lowest BCUT2D eigenvalue weighted by Gasteiger charge is -2.16. The second kappa shape index (κ2) is 6.83. The van der Waals surface area contributed by atoms with Crippen LogP contribution in [0.3, 0.4) is 0 Å². The minimum absolute atomic E-state index is 0.153. The summed E-state index contributed by atoms with van der Waals surface area (Å²) in [5.41, 5.74) is 0. The number of ether oxygens (including phenoxy) is 1. The quantitative estimate of drug-likeness (QED) is 0.790. The van der Waals surface area contributed by atoms with Gasteiger partial charge in [-0.15, -0.1) is 0 Å². The predicted octanol–water partition coefficient (Wildman–Crippen LogP) is 0.544. The van der Waals surface area contributed by atoms with Gasteiger partial charge in [0.2, 0.25) is 17.2 Å². The Kier molecular flexibility index (Phi) is 5.12. The van der Waals surface area contributed by atoms with Crippen LogP contribution >= 0.6 is 11.6 Å². The molecule has 1 aromatic rings. The Hall–Kier alpha value is -1.18. The molecule has 19 heavy (non-hydrogen) atoms. The predicted molar refractivity (Wildman–Crippen MR) is 72.7 cm³/mol. The van der Waals surface area contributed by atoms with Gasteiger partial charge in [0, 0.05) is 26.7 Å². The number of aromatic nitrogens is 3. The Labute approximate surface area is 117 Å². The fourth-order valence-electron chi connectivity index (χ4n) is 1.94. The van der Waals surface area contributed by atoms with Gasteiger partial charge < -0.3 is 20.1 Å². The molecule has 0 aromatic carbocycles. The maximum absolute atomic E-state index is 9.56. The van der Waals surface area contributed by atoms with Gasteiger partial charge in [0.1, 0.15) is 0 Å². The lowest BCUT2D eigenvalue weighted by atomic mass is 10.4. The van der Waals surface area contributed by atoms with E-state index in [4.69, 9.17) is 16.3 Å². The lowest BCUT2D eigenvalue weighted by molar-refractivity contribution is 0.0726. The van der Waals surface area contributed by atoms with Crippen molar-refractivity contribution in [2.45, 2.75) is 18.9 Å². The monoisotopic (exact) mass is 287 g/mol. The summed E-state index contributed by atoms with van der Waals surface area (Å²) in [5.74, 6) is 0.957. The molecule has 1 aliphatic heterocycles. The molecule has 8 heteroatoms. The van der Waals surface area contributed by atoms with Crippen LogP contribution in [0, 0.1) is 0 Å². The summed E-state index contributed by atoms with van der Waals surface area (Å²) in [6.45, 7) is 2.43. The first-order valence-electron chi connectivity index (χ1n) is 6.26. The molecule has 1 unspecified atom stereocenters. The van der Waals surface area contributed by atoms with E-state index in [0.717, 1.165) is 25.9 Å². The highest BCUT2D eigenvalue weighted by atomic mass is 35.5. The Balaban J connectivity index is 2.00. The largest absolute Gasteiger partial charge is 0.389 e. The molecule has 1 atom stereocenters. The van der Waals surface area contributed by atoms with E-state index in [0.29, 0.717) is 18.4 Å². The molecule has 0 bridgehead atoms. The first-order valence-corrected chi connectivity index (χ1v) is 6.64. The molecular weight excluding hydrogens is 270 g/mol. The summed E-state index contributed by atoms with van der Waals surface area (Å²) in [5, 5.41) is 12.6. The van der Waals surface area contributed by atoms with Gasteiger partial charge in [-0.2, -0.15) is 15.0 Å². The average Bonchev–Trinajstić information content (AvgIpc) is 2.90. The zero-order valence-electron chi connectivity index (χ0n) is 10.8. The van der Waals surface area contributed by atoms with Gasteiger partial charge in [0.25, 0.3) is 0 Å². The Morgan fingerprint density at radius 2 is 2.11 bits per heavy atom. The topological polar surface area (TPSA) is 83.4 Å². The molecule has 2 heterocycles. The van der Waals surface area contributed by atoms with Crippen molar-refractivity contribution in [1.29, 1.82) is 0 Å². The van der Waals surface area contributed by atoms with Crippen LogP contribution < -0.4 is 10.2 Å². The minimum atomic E-state index is -0.615. The smallest absolute Gasteiger partial charge is 0.231 e. The Morgan fingerprint density at radius 3 is 2.79 bits per heavy atom. The summed E-state index contributed by atoms with van der Waals surface area (Å²) >= 11 is 5.89. The van der Waals surface area contributed by atoms with Gasteiger partial charge in [-0.3, -0.25) is 0 Å². The van der Waals surface area contributed by atoms with Gasteiger partial charge in [-0.1, -0.05) is 0 Å². The van der Waals surface area contributed by atoms with E-state index in [9.17, 15) is 5.11 Å². The van der Waals surface area contributed by atoms with Crippen LogP contribution in [0.1, 0.15) is 12.8 Å². The van der Waals surface area contributed by atoms with Crippen LogP contribution in [0.2, 0.25) is 5.28 Å². The van der Waals surface area contributed by atoms with Crippen molar-refractivity contribution >= 4 is 23.5 Å². The van der Waals surface area contributed by atoms with Crippen molar-refractivity contribution in [2.75, 3.05) is 43.6 Å². The minimum Gasteiger partial charge on any atom is -0.389 e. The van der Waals surface area contributed by atoms with Gasteiger partial charge in [0.15, 0.2) is 0 Å². The number of nitrogens with one attached hydrogen (secondary N) is 1. The van der Waals surface area contributed by atoms with E-state index in [1.165, 1.54) is 7.11 Å².